The largest absolute Gasteiger partial charge is 0.323 e. The molecule has 3 rings (SSSR count). The van der Waals surface area contributed by atoms with Crippen molar-refractivity contribution in [3.8, 4) is 0 Å². The normalized spacial score (nSPS) is 14.9. The van der Waals surface area contributed by atoms with E-state index < -0.39 is 0 Å². The number of thioether (sulfide) groups is 1. The van der Waals surface area contributed by atoms with Crippen LogP contribution in [0.4, 0.5) is 11.4 Å². The lowest BCUT2D eigenvalue weighted by Gasteiger charge is -2.30. The average molecular weight is 326 g/mol. The predicted octanol–water partition coefficient (Wildman–Crippen LogP) is 3.46. The Hall–Kier alpha value is -2.27. The highest BCUT2D eigenvalue weighted by Crippen LogP contribution is 2.32. The van der Waals surface area contributed by atoms with Crippen LogP contribution < -0.4 is 10.2 Å². The maximum absolute atomic E-state index is 12.8. The number of carbonyl (C=O) groups excluding carboxylic acids is 2. The molecule has 2 aromatic rings. The number of benzene rings is 2. The highest BCUT2D eigenvalue weighted by atomic mass is 32.2. The summed E-state index contributed by atoms with van der Waals surface area (Å²) in [7, 11) is 0. The number of nitrogens with one attached hydrogen (secondary N) is 1. The monoisotopic (exact) mass is 326 g/mol. The summed E-state index contributed by atoms with van der Waals surface area (Å²) in [5.74, 6) is -0.220. The SMILES string of the molecule is Cc1ccc(S[C@@H](C)C(=O)N2CC(=O)Nc3ccccc32)cc1. The quantitative estimate of drug-likeness (QED) is 0.879. The summed E-state index contributed by atoms with van der Waals surface area (Å²) >= 11 is 1.51. The number of hydrogen-bond acceptors (Lipinski definition) is 3. The van der Waals surface area contributed by atoms with Crippen LogP contribution in [0.3, 0.4) is 0 Å². The van der Waals surface area contributed by atoms with E-state index >= 15 is 0 Å². The molecule has 1 atom stereocenters. The van der Waals surface area contributed by atoms with Crippen molar-refractivity contribution in [1.82, 2.24) is 0 Å². The Labute approximate surface area is 139 Å². The van der Waals surface area contributed by atoms with Crippen molar-refractivity contribution in [3.63, 3.8) is 0 Å². The van der Waals surface area contributed by atoms with Crippen molar-refractivity contribution in [2.24, 2.45) is 0 Å². The summed E-state index contributed by atoms with van der Waals surface area (Å²) in [5.41, 5.74) is 2.63. The molecular weight excluding hydrogens is 308 g/mol. The molecule has 1 aliphatic heterocycles. The number of amides is 2. The molecule has 0 aromatic heterocycles. The van der Waals surface area contributed by atoms with E-state index in [0.29, 0.717) is 5.69 Å². The van der Waals surface area contributed by atoms with Crippen LogP contribution in [-0.4, -0.2) is 23.6 Å². The van der Waals surface area contributed by atoms with Crippen molar-refractivity contribution in [1.29, 1.82) is 0 Å². The van der Waals surface area contributed by atoms with Gasteiger partial charge in [0.25, 0.3) is 0 Å². The Balaban J connectivity index is 1.79. The van der Waals surface area contributed by atoms with Crippen LogP contribution in [0, 0.1) is 6.92 Å². The van der Waals surface area contributed by atoms with E-state index in [1.54, 1.807) is 4.90 Å². The number of anilines is 2. The second-order valence-corrected chi connectivity index (χ2v) is 6.98. The summed E-state index contributed by atoms with van der Waals surface area (Å²) in [6.07, 6.45) is 0. The van der Waals surface area contributed by atoms with Crippen LogP contribution in [0.2, 0.25) is 0 Å². The molecule has 2 aromatic carbocycles. The molecule has 1 heterocycles. The highest BCUT2D eigenvalue weighted by molar-refractivity contribution is 8.00. The minimum Gasteiger partial charge on any atom is -0.323 e. The van der Waals surface area contributed by atoms with Gasteiger partial charge in [0, 0.05) is 4.90 Å². The zero-order valence-corrected chi connectivity index (χ0v) is 13.9. The summed E-state index contributed by atoms with van der Waals surface area (Å²) < 4.78 is 0. The van der Waals surface area contributed by atoms with Gasteiger partial charge < -0.3 is 5.32 Å². The number of fused-ring (bicyclic) bond motifs is 1. The fourth-order valence-electron chi connectivity index (χ4n) is 2.52. The topological polar surface area (TPSA) is 49.4 Å². The molecule has 0 aliphatic carbocycles. The van der Waals surface area contributed by atoms with Crippen LogP contribution in [0.15, 0.2) is 53.4 Å². The summed E-state index contributed by atoms with van der Waals surface area (Å²) in [6.45, 7) is 3.98. The Morgan fingerprint density at radius 3 is 2.61 bits per heavy atom. The Morgan fingerprint density at radius 2 is 1.87 bits per heavy atom. The first-order valence-electron chi connectivity index (χ1n) is 7.48. The first-order chi connectivity index (χ1) is 11.0. The van der Waals surface area contributed by atoms with Crippen LogP contribution in [0.1, 0.15) is 12.5 Å². The lowest BCUT2D eigenvalue weighted by molar-refractivity contribution is -0.121. The zero-order valence-electron chi connectivity index (χ0n) is 13.1. The van der Waals surface area contributed by atoms with Crippen molar-refractivity contribution in [2.75, 3.05) is 16.8 Å². The molecule has 2 amide bonds. The van der Waals surface area contributed by atoms with Gasteiger partial charge >= 0.3 is 0 Å². The van der Waals surface area contributed by atoms with Gasteiger partial charge in [-0.15, -0.1) is 11.8 Å². The van der Waals surface area contributed by atoms with Gasteiger partial charge in [0.15, 0.2) is 0 Å². The standard InChI is InChI=1S/C18H18N2O2S/c1-12-7-9-14(10-8-12)23-13(2)18(22)20-11-17(21)19-15-5-3-4-6-16(15)20/h3-10,13H,11H2,1-2H3,(H,19,21)/t13-/m0/s1. The number of nitrogens with zero attached hydrogens (tertiary/aromatic N) is 1. The van der Waals surface area contributed by atoms with Gasteiger partial charge in [-0.1, -0.05) is 29.8 Å². The molecular formula is C18H18N2O2S. The van der Waals surface area contributed by atoms with Crippen LogP contribution >= 0.6 is 11.8 Å². The van der Waals surface area contributed by atoms with Crippen LogP contribution in [-0.2, 0) is 9.59 Å². The second kappa shape index (κ2) is 6.46. The van der Waals surface area contributed by atoms with E-state index in [2.05, 4.69) is 5.32 Å². The molecule has 0 saturated carbocycles. The smallest absolute Gasteiger partial charge is 0.244 e. The molecule has 0 saturated heterocycles. The number of aryl methyl sites for hydroxylation is 1. The molecule has 0 fully saturated rings. The maximum atomic E-state index is 12.8. The number of hydrogen-bond donors (Lipinski definition) is 1. The van der Waals surface area contributed by atoms with Crippen LogP contribution in [0.5, 0.6) is 0 Å². The first kappa shape index (κ1) is 15.6. The van der Waals surface area contributed by atoms with Gasteiger partial charge in [0.2, 0.25) is 11.8 Å². The average Bonchev–Trinajstić information content (AvgIpc) is 2.55. The predicted molar refractivity (Wildman–Crippen MR) is 93.9 cm³/mol. The Kier molecular flexibility index (Phi) is 4.39. The van der Waals surface area contributed by atoms with Gasteiger partial charge in [-0.2, -0.15) is 0 Å². The third-order valence-corrected chi connectivity index (χ3v) is 4.82. The Morgan fingerprint density at radius 1 is 1.17 bits per heavy atom. The van der Waals surface area contributed by atoms with Crippen LogP contribution in [0.25, 0.3) is 0 Å². The number of rotatable bonds is 3. The van der Waals surface area contributed by atoms with Gasteiger partial charge in [0.1, 0.15) is 6.54 Å². The molecule has 5 heteroatoms. The third-order valence-electron chi connectivity index (χ3n) is 3.72. The van der Waals surface area contributed by atoms with E-state index in [1.165, 1.54) is 17.3 Å². The lowest BCUT2D eigenvalue weighted by atomic mass is 10.2. The molecule has 1 aliphatic rings. The van der Waals surface area contributed by atoms with E-state index in [-0.39, 0.29) is 23.6 Å². The number of carbonyl (C=O) groups is 2. The minimum absolute atomic E-state index is 0.0575. The van der Waals surface area contributed by atoms with Crippen molar-refractivity contribution in [3.05, 3.63) is 54.1 Å². The second-order valence-electron chi connectivity index (χ2n) is 5.56. The van der Waals surface area contributed by atoms with Crippen molar-refractivity contribution < 1.29 is 9.59 Å². The minimum atomic E-state index is -0.267. The fourth-order valence-corrected chi connectivity index (χ4v) is 3.45. The van der Waals surface area contributed by atoms with E-state index in [0.717, 1.165) is 10.6 Å². The lowest BCUT2D eigenvalue weighted by Crippen LogP contribution is -2.45. The summed E-state index contributed by atoms with van der Waals surface area (Å²) in [4.78, 5) is 27.3. The molecule has 0 bridgehead atoms. The van der Waals surface area contributed by atoms with Crippen molar-refractivity contribution in [2.45, 2.75) is 24.0 Å². The highest BCUT2D eigenvalue weighted by Gasteiger charge is 2.29. The van der Waals surface area contributed by atoms with Gasteiger partial charge in [-0.25, -0.2) is 0 Å². The molecule has 118 valence electrons. The van der Waals surface area contributed by atoms with E-state index in [9.17, 15) is 9.59 Å². The molecule has 0 radical (unpaired) electrons. The molecule has 0 unspecified atom stereocenters. The van der Waals surface area contributed by atoms with Gasteiger partial charge in [0.05, 0.1) is 16.6 Å². The van der Waals surface area contributed by atoms with Crippen molar-refractivity contribution >= 4 is 35.0 Å². The molecule has 23 heavy (non-hydrogen) atoms. The van der Waals surface area contributed by atoms with E-state index in [4.69, 9.17) is 0 Å². The zero-order chi connectivity index (χ0) is 16.4. The summed E-state index contributed by atoms with van der Waals surface area (Å²) in [5, 5.41) is 2.53. The molecule has 0 spiro atoms. The first-order valence-corrected chi connectivity index (χ1v) is 8.36. The van der Waals surface area contributed by atoms with Gasteiger partial charge in [-0.05, 0) is 38.1 Å². The fraction of sp³-hybridized carbons (Fsp3) is 0.222. The van der Waals surface area contributed by atoms with Gasteiger partial charge in [-0.3, -0.25) is 14.5 Å². The maximum Gasteiger partial charge on any atom is 0.244 e. The molecule has 4 nitrogen and oxygen atoms in total. The van der Waals surface area contributed by atoms with E-state index in [1.807, 2.05) is 62.4 Å². The summed E-state index contributed by atoms with van der Waals surface area (Å²) in [6, 6.07) is 15.5. The molecule has 1 N–H and O–H groups in total. The third kappa shape index (κ3) is 3.40. The number of para-hydroxylation sites is 2. The Bertz CT molecular complexity index is 743.